The van der Waals surface area contributed by atoms with Crippen molar-refractivity contribution in [2.45, 2.75) is 37.5 Å². The molecule has 2 aromatic carbocycles. The van der Waals surface area contributed by atoms with Crippen molar-refractivity contribution in [3.63, 3.8) is 0 Å². The predicted octanol–water partition coefficient (Wildman–Crippen LogP) is 3.40. The maximum Gasteiger partial charge on any atom is 0.243 e. The summed E-state index contributed by atoms with van der Waals surface area (Å²) in [5.74, 6) is 1.30. The molecule has 0 aromatic heterocycles. The monoisotopic (exact) mass is 485 g/mol. The molecule has 4 rings (SSSR count). The fourth-order valence-electron chi connectivity index (χ4n) is 4.95. The van der Waals surface area contributed by atoms with Gasteiger partial charge in [-0.15, -0.1) is 0 Å². The van der Waals surface area contributed by atoms with Crippen molar-refractivity contribution < 1.29 is 17.9 Å². The summed E-state index contributed by atoms with van der Waals surface area (Å²) in [6.07, 6.45) is 3.22. The number of ether oxygens (including phenoxy) is 1. The number of amides is 1. The van der Waals surface area contributed by atoms with Crippen molar-refractivity contribution >= 4 is 21.6 Å². The zero-order valence-corrected chi connectivity index (χ0v) is 21.0. The lowest BCUT2D eigenvalue weighted by atomic mass is 9.91. The lowest BCUT2D eigenvalue weighted by Crippen LogP contribution is -2.48. The standard InChI is InChI=1S/C26H35N3O4S/c1-3-26(30)28-17-15-27(16-18-28)24-20-23(9-10-25(24)33-2)34(31,32)29-13-11-22(12-14-29)19-21-7-5-4-6-8-21/h4-10,20,22H,3,11-19H2,1-2H3. The van der Waals surface area contributed by atoms with Crippen LogP contribution in [0.3, 0.4) is 0 Å². The summed E-state index contributed by atoms with van der Waals surface area (Å²) in [6, 6.07) is 15.5. The number of nitrogens with zero attached hydrogens (tertiary/aromatic N) is 3. The van der Waals surface area contributed by atoms with Crippen molar-refractivity contribution in [3.8, 4) is 5.75 Å². The number of sulfonamides is 1. The Morgan fingerprint density at radius 1 is 0.971 bits per heavy atom. The van der Waals surface area contributed by atoms with Gasteiger partial charge in [0.25, 0.3) is 0 Å². The highest BCUT2D eigenvalue weighted by Crippen LogP contribution is 2.34. The maximum absolute atomic E-state index is 13.5. The number of rotatable bonds is 7. The molecule has 2 aromatic rings. The summed E-state index contributed by atoms with van der Waals surface area (Å²) in [5, 5.41) is 0. The maximum atomic E-state index is 13.5. The van der Waals surface area contributed by atoms with E-state index in [2.05, 4.69) is 29.2 Å². The van der Waals surface area contributed by atoms with Crippen LogP contribution in [0.4, 0.5) is 5.69 Å². The molecule has 0 spiro atoms. The van der Waals surface area contributed by atoms with Crippen molar-refractivity contribution in [1.29, 1.82) is 0 Å². The minimum Gasteiger partial charge on any atom is -0.495 e. The highest BCUT2D eigenvalue weighted by atomic mass is 32.2. The molecule has 2 fully saturated rings. The van der Waals surface area contributed by atoms with E-state index >= 15 is 0 Å². The second-order valence-electron chi connectivity index (χ2n) is 9.09. The first-order valence-corrected chi connectivity index (χ1v) is 13.6. The van der Waals surface area contributed by atoms with Gasteiger partial charge < -0.3 is 14.5 Å². The molecule has 0 N–H and O–H groups in total. The van der Waals surface area contributed by atoms with Gasteiger partial charge in [-0.25, -0.2) is 8.42 Å². The Kier molecular flexibility index (Phi) is 7.78. The molecule has 8 heteroatoms. The lowest BCUT2D eigenvalue weighted by Gasteiger charge is -2.37. The Bertz CT molecular complexity index is 1070. The number of carbonyl (C=O) groups is 1. The number of benzene rings is 2. The second-order valence-corrected chi connectivity index (χ2v) is 11.0. The topological polar surface area (TPSA) is 70.2 Å². The highest BCUT2D eigenvalue weighted by Gasteiger charge is 2.31. The summed E-state index contributed by atoms with van der Waals surface area (Å²) in [7, 11) is -1.99. The molecule has 0 unspecified atom stereocenters. The Labute approximate surface area is 203 Å². The van der Waals surface area contributed by atoms with E-state index < -0.39 is 10.0 Å². The number of hydrogen-bond donors (Lipinski definition) is 0. The van der Waals surface area contributed by atoms with Gasteiger partial charge in [-0.3, -0.25) is 4.79 Å². The molecule has 2 aliphatic rings. The Balaban J connectivity index is 1.45. The Morgan fingerprint density at radius 3 is 2.26 bits per heavy atom. The number of anilines is 1. The summed E-state index contributed by atoms with van der Waals surface area (Å²) in [6.45, 7) is 5.50. The third-order valence-corrected chi connectivity index (χ3v) is 8.90. The quantitative estimate of drug-likeness (QED) is 0.601. The van der Waals surface area contributed by atoms with Crippen LogP contribution in [0.25, 0.3) is 0 Å². The third-order valence-electron chi connectivity index (χ3n) is 7.00. The fraction of sp³-hybridized carbons (Fsp3) is 0.500. The SMILES string of the molecule is CCC(=O)N1CCN(c2cc(S(=O)(=O)N3CCC(Cc4ccccc4)CC3)ccc2OC)CC1. The van der Waals surface area contributed by atoms with E-state index in [1.807, 2.05) is 17.9 Å². The summed E-state index contributed by atoms with van der Waals surface area (Å²) < 4.78 is 34.1. The van der Waals surface area contributed by atoms with Gasteiger partial charge >= 0.3 is 0 Å². The average Bonchev–Trinajstić information content (AvgIpc) is 2.89. The molecule has 0 bridgehead atoms. The normalized spacial score (nSPS) is 18.2. The van der Waals surface area contributed by atoms with E-state index in [1.54, 1.807) is 29.6 Å². The van der Waals surface area contributed by atoms with Crippen LogP contribution in [-0.4, -0.2) is 69.9 Å². The molecular formula is C26H35N3O4S. The smallest absolute Gasteiger partial charge is 0.243 e. The number of carbonyl (C=O) groups excluding carboxylic acids is 1. The zero-order valence-electron chi connectivity index (χ0n) is 20.2. The van der Waals surface area contributed by atoms with Gasteiger partial charge in [0.15, 0.2) is 0 Å². The first-order chi connectivity index (χ1) is 16.4. The lowest BCUT2D eigenvalue weighted by molar-refractivity contribution is -0.131. The van der Waals surface area contributed by atoms with Crippen LogP contribution in [0, 0.1) is 5.92 Å². The van der Waals surface area contributed by atoms with E-state index in [9.17, 15) is 13.2 Å². The molecule has 0 atom stereocenters. The van der Waals surface area contributed by atoms with Gasteiger partial charge in [0, 0.05) is 45.7 Å². The number of piperazine rings is 1. The first kappa shape index (κ1) is 24.5. The van der Waals surface area contributed by atoms with E-state index in [0.29, 0.717) is 62.3 Å². The highest BCUT2D eigenvalue weighted by molar-refractivity contribution is 7.89. The summed E-state index contributed by atoms with van der Waals surface area (Å²) in [4.78, 5) is 16.3. The van der Waals surface area contributed by atoms with Crippen molar-refractivity contribution in [2.75, 3.05) is 51.3 Å². The first-order valence-electron chi connectivity index (χ1n) is 12.2. The molecule has 0 radical (unpaired) electrons. The van der Waals surface area contributed by atoms with Crippen LogP contribution in [-0.2, 0) is 21.2 Å². The minimum atomic E-state index is -3.59. The van der Waals surface area contributed by atoms with Gasteiger partial charge in [-0.1, -0.05) is 37.3 Å². The van der Waals surface area contributed by atoms with E-state index in [-0.39, 0.29) is 5.91 Å². The Morgan fingerprint density at radius 2 is 1.65 bits per heavy atom. The number of hydrogen-bond acceptors (Lipinski definition) is 5. The van der Waals surface area contributed by atoms with E-state index in [0.717, 1.165) is 24.9 Å². The van der Waals surface area contributed by atoms with Crippen LogP contribution in [0.2, 0.25) is 0 Å². The van der Waals surface area contributed by atoms with E-state index in [1.165, 1.54) is 5.56 Å². The summed E-state index contributed by atoms with van der Waals surface area (Å²) in [5.41, 5.74) is 2.08. The van der Waals surface area contributed by atoms with Crippen LogP contribution in [0.15, 0.2) is 53.4 Å². The van der Waals surface area contributed by atoms with Crippen molar-refractivity contribution in [3.05, 3.63) is 54.1 Å². The molecule has 0 aliphatic carbocycles. The fourth-order valence-corrected chi connectivity index (χ4v) is 6.44. The zero-order chi connectivity index (χ0) is 24.1. The van der Waals surface area contributed by atoms with Gasteiger partial charge in [-0.05, 0) is 48.9 Å². The van der Waals surface area contributed by atoms with Gasteiger partial charge in [-0.2, -0.15) is 4.31 Å². The molecule has 184 valence electrons. The molecule has 7 nitrogen and oxygen atoms in total. The second kappa shape index (κ2) is 10.8. The number of piperidine rings is 1. The van der Waals surface area contributed by atoms with Gasteiger partial charge in [0.1, 0.15) is 5.75 Å². The van der Waals surface area contributed by atoms with Gasteiger partial charge in [0.05, 0.1) is 17.7 Å². The van der Waals surface area contributed by atoms with Crippen molar-refractivity contribution in [1.82, 2.24) is 9.21 Å². The van der Waals surface area contributed by atoms with E-state index in [4.69, 9.17) is 4.74 Å². The molecule has 2 aliphatic heterocycles. The molecule has 1 amide bonds. The van der Waals surface area contributed by atoms with Gasteiger partial charge in [0.2, 0.25) is 15.9 Å². The molecule has 2 heterocycles. The average molecular weight is 486 g/mol. The molecule has 2 saturated heterocycles. The molecular weight excluding hydrogens is 450 g/mol. The third kappa shape index (κ3) is 5.39. The Hall–Kier alpha value is -2.58. The van der Waals surface area contributed by atoms with Crippen molar-refractivity contribution in [2.24, 2.45) is 5.92 Å². The van der Waals surface area contributed by atoms with Crippen LogP contribution >= 0.6 is 0 Å². The minimum absolute atomic E-state index is 0.151. The summed E-state index contributed by atoms with van der Waals surface area (Å²) >= 11 is 0. The largest absolute Gasteiger partial charge is 0.495 e. The predicted molar refractivity (Wildman–Crippen MR) is 134 cm³/mol. The molecule has 34 heavy (non-hydrogen) atoms. The number of methoxy groups -OCH3 is 1. The van der Waals surface area contributed by atoms with Crippen LogP contribution in [0.5, 0.6) is 5.75 Å². The van der Waals surface area contributed by atoms with Crippen LogP contribution in [0.1, 0.15) is 31.7 Å². The van der Waals surface area contributed by atoms with Crippen LogP contribution < -0.4 is 9.64 Å². The molecule has 0 saturated carbocycles.